The van der Waals surface area contributed by atoms with E-state index in [-0.39, 0.29) is 18.9 Å². The molecule has 1 heterocycles. The van der Waals surface area contributed by atoms with Gasteiger partial charge in [-0.2, -0.15) is 0 Å². The van der Waals surface area contributed by atoms with Gasteiger partial charge in [-0.05, 0) is 12.1 Å². The number of halogens is 2. The maximum Gasteiger partial charge on any atom is 0.230 e. The van der Waals surface area contributed by atoms with Crippen molar-refractivity contribution < 1.29 is 9.53 Å². The summed E-state index contributed by atoms with van der Waals surface area (Å²) in [6.07, 6.45) is 3.39. The number of aromatic amines is 1. The van der Waals surface area contributed by atoms with Crippen molar-refractivity contribution in [1.82, 2.24) is 9.97 Å². The fraction of sp³-hybridized carbons (Fsp3) is 0.167. The Balaban J connectivity index is 1.76. The van der Waals surface area contributed by atoms with Crippen LogP contribution < -0.4 is 10.1 Å². The number of ether oxygens (including phenoxy) is 1. The van der Waals surface area contributed by atoms with Crippen molar-refractivity contribution >= 4 is 35.1 Å². The number of imidazole rings is 1. The number of H-pyrrole nitrogens is 1. The number of aromatic nitrogens is 2. The van der Waals surface area contributed by atoms with Gasteiger partial charge in [0.2, 0.25) is 11.9 Å². The minimum absolute atomic E-state index is 0.185. The second-order valence-corrected chi connectivity index (χ2v) is 4.47. The highest BCUT2D eigenvalue weighted by Gasteiger charge is 2.05. The summed E-state index contributed by atoms with van der Waals surface area (Å²) in [5.74, 6) is 0.801. The fourth-order valence-electron chi connectivity index (χ4n) is 1.36. The number of hydrogen-bond donors (Lipinski definition) is 2. The molecule has 0 fully saturated rings. The summed E-state index contributed by atoms with van der Waals surface area (Å²) < 4.78 is 5.40. The number of carbonyl (C=O) groups is 1. The third-order valence-corrected chi connectivity index (χ3v) is 2.98. The third-order valence-electron chi connectivity index (χ3n) is 2.24. The van der Waals surface area contributed by atoms with Gasteiger partial charge in [0.1, 0.15) is 5.75 Å². The number of amides is 1. The molecule has 2 aromatic rings. The molecule has 0 aliphatic carbocycles. The van der Waals surface area contributed by atoms with Gasteiger partial charge in [-0.1, -0.05) is 23.2 Å². The number of nitrogens with zero attached hydrogens (tertiary/aromatic N) is 1. The van der Waals surface area contributed by atoms with E-state index >= 15 is 0 Å². The zero-order chi connectivity index (χ0) is 13.7. The topological polar surface area (TPSA) is 67.0 Å². The van der Waals surface area contributed by atoms with Crippen molar-refractivity contribution in [1.29, 1.82) is 0 Å². The lowest BCUT2D eigenvalue weighted by atomic mass is 10.3. The van der Waals surface area contributed by atoms with Crippen molar-refractivity contribution in [3.63, 3.8) is 0 Å². The molecule has 0 saturated carbocycles. The van der Waals surface area contributed by atoms with E-state index in [0.29, 0.717) is 21.7 Å². The van der Waals surface area contributed by atoms with E-state index in [4.69, 9.17) is 27.9 Å². The van der Waals surface area contributed by atoms with Gasteiger partial charge < -0.3 is 9.72 Å². The standard InChI is InChI=1S/C12H11Cl2N3O2/c13-9-2-1-8(7-10(9)14)19-6-3-11(18)17-12-15-4-5-16-12/h1-2,4-5,7H,3,6H2,(H2,15,16,17,18). The first-order valence-electron chi connectivity index (χ1n) is 5.52. The number of anilines is 1. The molecule has 0 radical (unpaired) electrons. The molecule has 0 aliphatic rings. The summed E-state index contributed by atoms with van der Waals surface area (Å²) in [5, 5.41) is 3.47. The molecular formula is C12H11Cl2N3O2. The summed E-state index contributed by atoms with van der Waals surface area (Å²) in [5.41, 5.74) is 0. The van der Waals surface area contributed by atoms with Crippen LogP contribution in [-0.2, 0) is 4.79 Å². The quantitative estimate of drug-likeness (QED) is 0.891. The molecule has 0 atom stereocenters. The molecule has 0 aliphatic heterocycles. The van der Waals surface area contributed by atoms with Crippen molar-refractivity contribution in [3.05, 3.63) is 40.6 Å². The maximum absolute atomic E-state index is 11.5. The van der Waals surface area contributed by atoms with Gasteiger partial charge in [0.15, 0.2) is 0 Å². The second kappa shape index (κ2) is 6.45. The fourth-order valence-corrected chi connectivity index (χ4v) is 1.64. The van der Waals surface area contributed by atoms with E-state index in [1.54, 1.807) is 30.6 Å². The van der Waals surface area contributed by atoms with Crippen molar-refractivity contribution in [2.75, 3.05) is 11.9 Å². The molecule has 1 amide bonds. The van der Waals surface area contributed by atoms with Crippen LogP contribution >= 0.6 is 23.2 Å². The monoisotopic (exact) mass is 299 g/mol. The van der Waals surface area contributed by atoms with Crippen LogP contribution in [0.3, 0.4) is 0 Å². The zero-order valence-corrected chi connectivity index (χ0v) is 11.3. The number of carbonyl (C=O) groups excluding carboxylic acids is 1. The molecule has 100 valence electrons. The molecule has 1 aromatic heterocycles. The Labute approximate surface area is 119 Å². The normalized spacial score (nSPS) is 10.2. The molecule has 2 N–H and O–H groups in total. The van der Waals surface area contributed by atoms with Crippen LogP contribution in [-0.4, -0.2) is 22.5 Å². The van der Waals surface area contributed by atoms with Crippen molar-refractivity contribution in [2.24, 2.45) is 0 Å². The van der Waals surface area contributed by atoms with Gasteiger partial charge in [-0.3, -0.25) is 10.1 Å². The van der Waals surface area contributed by atoms with Crippen molar-refractivity contribution in [2.45, 2.75) is 6.42 Å². The van der Waals surface area contributed by atoms with Crippen LogP contribution in [0.4, 0.5) is 5.95 Å². The number of rotatable bonds is 5. The van der Waals surface area contributed by atoms with Crippen molar-refractivity contribution in [3.8, 4) is 5.75 Å². The summed E-state index contributed by atoms with van der Waals surface area (Å²) in [6.45, 7) is 0.241. The van der Waals surface area contributed by atoms with E-state index in [0.717, 1.165) is 0 Å². The Morgan fingerprint density at radius 2 is 2.21 bits per heavy atom. The summed E-state index contributed by atoms with van der Waals surface area (Å²) >= 11 is 11.6. The highest BCUT2D eigenvalue weighted by molar-refractivity contribution is 6.42. The summed E-state index contributed by atoms with van der Waals surface area (Å²) in [4.78, 5) is 18.2. The molecule has 0 saturated heterocycles. The van der Waals surface area contributed by atoms with Crippen LogP contribution in [0.25, 0.3) is 0 Å². The van der Waals surface area contributed by atoms with Crippen LogP contribution in [0, 0.1) is 0 Å². The Hall–Kier alpha value is -1.72. The lowest BCUT2D eigenvalue weighted by Gasteiger charge is -2.07. The van der Waals surface area contributed by atoms with Crippen LogP contribution in [0.15, 0.2) is 30.6 Å². The molecule has 19 heavy (non-hydrogen) atoms. The SMILES string of the molecule is O=C(CCOc1ccc(Cl)c(Cl)c1)Nc1ncc[nH]1. The third kappa shape index (κ3) is 4.15. The zero-order valence-electron chi connectivity index (χ0n) is 9.82. The first kappa shape index (κ1) is 13.7. The van der Waals surface area contributed by atoms with Gasteiger partial charge in [-0.25, -0.2) is 4.98 Å². The molecule has 0 bridgehead atoms. The lowest BCUT2D eigenvalue weighted by molar-refractivity contribution is -0.116. The lowest BCUT2D eigenvalue weighted by Crippen LogP contribution is -2.15. The molecule has 7 heteroatoms. The highest BCUT2D eigenvalue weighted by atomic mass is 35.5. The molecule has 0 unspecified atom stereocenters. The van der Waals surface area contributed by atoms with Crippen LogP contribution in [0.1, 0.15) is 6.42 Å². The molecular weight excluding hydrogens is 289 g/mol. The second-order valence-electron chi connectivity index (χ2n) is 3.66. The average molecular weight is 300 g/mol. The number of nitrogens with one attached hydrogen (secondary N) is 2. The molecule has 0 spiro atoms. The van der Waals surface area contributed by atoms with Gasteiger partial charge >= 0.3 is 0 Å². The van der Waals surface area contributed by atoms with E-state index in [9.17, 15) is 4.79 Å². The van der Waals surface area contributed by atoms with Crippen LogP contribution in [0.5, 0.6) is 5.75 Å². The van der Waals surface area contributed by atoms with E-state index < -0.39 is 0 Å². The van der Waals surface area contributed by atoms with E-state index in [1.165, 1.54) is 0 Å². The average Bonchev–Trinajstić information content (AvgIpc) is 2.86. The Kier molecular flexibility index (Phi) is 4.65. The first-order chi connectivity index (χ1) is 9.15. The summed E-state index contributed by atoms with van der Waals surface area (Å²) in [7, 11) is 0. The minimum atomic E-state index is -0.185. The Morgan fingerprint density at radius 1 is 1.37 bits per heavy atom. The van der Waals surface area contributed by atoms with Gasteiger partial charge in [0.25, 0.3) is 0 Å². The minimum Gasteiger partial charge on any atom is -0.493 e. The predicted molar refractivity (Wildman–Crippen MR) is 73.8 cm³/mol. The molecule has 2 rings (SSSR count). The number of benzene rings is 1. The first-order valence-corrected chi connectivity index (χ1v) is 6.28. The maximum atomic E-state index is 11.5. The molecule has 1 aromatic carbocycles. The smallest absolute Gasteiger partial charge is 0.230 e. The molecule has 5 nitrogen and oxygen atoms in total. The largest absolute Gasteiger partial charge is 0.493 e. The Bertz CT molecular complexity index is 558. The Morgan fingerprint density at radius 3 is 2.89 bits per heavy atom. The van der Waals surface area contributed by atoms with Gasteiger partial charge in [-0.15, -0.1) is 0 Å². The predicted octanol–water partition coefficient (Wildman–Crippen LogP) is 3.12. The number of hydrogen-bond acceptors (Lipinski definition) is 3. The van der Waals surface area contributed by atoms with E-state index in [1.807, 2.05) is 0 Å². The van der Waals surface area contributed by atoms with Gasteiger partial charge in [0, 0.05) is 18.5 Å². The van der Waals surface area contributed by atoms with Crippen LogP contribution in [0.2, 0.25) is 10.0 Å². The van der Waals surface area contributed by atoms with Gasteiger partial charge in [0.05, 0.1) is 23.1 Å². The van der Waals surface area contributed by atoms with E-state index in [2.05, 4.69) is 15.3 Å². The highest BCUT2D eigenvalue weighted by Crippen LogP contribution is 2.26. The summed E-state index contributed by atoms with van der Waals surface area (Å²) in [6, 6.07) is 4.94.